The maximum Gasteiger partial charge on any atom is 0.132 e. The largest absolute Gasteiger partial charge is 0.508 e. The molecule has 0 saturated heterocycles. The predicted octanol–water partition coefficient (Wildman–Crippen LogP) is 4.23. The van der Waals surface area contributed by atoms with Crippen LogP contribution >= 0.6 is 11.6 Å². The Kier molecular flexibility index (Phi) is 4.11. The van der Waals surface area contributed by atoms with E-state index in [-0.39, 0.29) is 11.8 Å². The number of nitrogens with one attached hydrogen (secondary N) is 1. The van der Waals surface area contributed by atoms with Crippen molar-refractivity contribution in [3.63, 3.8) is 0 Å². The van der Waals surface area contributed by atoms with Crippen LogP contribution in [-0.4, -0.2) is 5.11 Å². The highest BCUT2D eigenvalue weighted by molar-refractivity contribution is 6.30. The second-order valence-corrected chi connectivity index (χ2v) is 4.81. The molecule has 0 heterocycles. The molecule has 0 aliphatic heterocycles. The Morgan fingerprint density at radius 3 is 2.70 bits per heavy atom. The maximum absolute atomic E-state index is 13.8. The van der Waals surface area contributed by atoms with Gasteiger partial charge in [-0.3, -0.25) is 0 Å². The molecule has 0 aromatic heterocycles. The van der Waals surface area contributed by atoms with Crippen LogP contribution in [0.15, 0.2) is 36.4 Å². The van der Waals surface area contributed by atoms with Crippen molar-refractivity contribution in [2.45, 2.75) is 13.0 Å². The summed E-state index contributed by atoms with van der Waals surface area (Å²) in [7, 11) is 0. The van der Waals surface area contributed by atoms with Crippen molar-refractivity contribution in [2.24, 2.45) is 0 Å². The molecule has 3 nitrogen and oxygen atoms in total. The topological polar surface area (TPSA) is 56.0 Å². The molecule has 102 valence electrons. The quantitative estimate of drug-likeness (QED) is 0.889. The molecule has 2 aromatic carbocycles. The van der Waals surface area contributed by atoms with E-state index < -0.39 is 5.82 Å². The van der Waals surface area contributed by atoms with E-state index in [1.165, 1.54) is 12.1 Å². The van der Waals surface area contributed by atoms with E-state index in [0.29, 0.717) is 21.8 Å². The van der Waals surface area contributed by atoms with Crippen molar-refractivity contribution >= 4 is 17.3 Å². The summed E-state index contributed by atoms with van der Waals surface area (Å²) in [6, 6.07) is 10.5. The maximum atomic E-state index is 13.8. The van der Waals surface area contributed by atoms with E-state index >= 15 is 0 Å². The number of nitrogens with zero attached hydrogens (tertiary/aromatic N) is 1. The monoisotopic (exact) mass is 290 g/mol. The van der Waals surface area contributed by atoms with Gasteiger partial charge in [0.05, 0.1) is 17.3 Å². The molecule has 5 heteroatoms. The fourth-order valence-electron chi connectivity index (χ4n) is 1.91. The zero-order valence-electron chi connectivity index (χ0n) is 10.7. The van der Waals surface area contributed by atoms with Crippen molar-refractivity contribution in [1.29, 1.82) is 5.26 Å². The van der Waals surface area contributed by atoms with Crippen LogP contribution in [0.4, 0.5) is 10.1 Å². The summed E-state index contributed by atoms with van der Waals surface area (Å²) < 4.78 is 13.8. The lowest BCUT2D eigenvalue weighted by atomic mass is 10.1. The number of benzene rings is 2. The molecule has 2 N–H and O–H groups in total. The number of phenols is 1. The van der Waals surface area contributed by atoms with Crippen LogP contribution in [-0.2, 0) is 0 Å². The third kappa shape index (κ3) is 3.01. The molecule has 0 amide bonds. The van der Waals surface area contributed by atoms with E-state index in [0.717, 1.165) is 6.07 Å². The second kappa shape index (κ2) is 5.81. The van der Waals surface area contributed by atoms with Crippen LogP contribution < -0.4 is 5.32 Å². The Morgan fingerprint density at radius 1 is 1.30 bits per heavy atom. The van der Waals surface area contributed by atoms with Crippen LogP contribution in [0.25, 0.3) is 0 Å². The summed E-state index contributed by atoms with van der Waals surface area (Å²) in [6.07, 6.45) is 0. The molecule has 20 heavy (non-hydrogen) atoms. The summed E-state index contributed by atoms with van der Waals surface area (Å²) in [5, 5.41) is 21.8. The minimum absolute atomic E-state index is 0.126. The van der Waals surface area contributed by atoms with E-state index in [1.807, 2.05) is 6.07 Å². The van der Waals surface area contributed by atoms with Gasteiger partial charge in [-0.05, 0) is 31.2 Å². The van der Waals surface area contributed by atoms with Gasteiger partial charge in [-0.1, -0.05) is 17.7 Å². The van der Waals surface area contributed by atoms with Gasteiger partial charge in [0.25, 0.3) is 0 Å². The Labute approximate surface area is 121 Å². The molecule has 0 aliphatic carbocycles. The summed E-state index contributed by atoms with van der Waals surface area (Å²) in [4.78, 5) is 0. The SMILES string of the molecule is CC(Nc1cc(Cl)ccc1C#N)c1ccc(O)cc1F. The van der Waals surface area contributed by atoms with Crippen molar-refractivity contribution in [3.8, 4) is 11.8 Å². The lowest BCUT2D eigenvalue weighted by Gasteiger charge is -2.17. The number of nitriles is 1. The summed E-state index contributed by atoms with van der Waals surface area (Å²) in [5.74, 6) is -0.635. The molecule has 2 aromatic rings. The Bertz CT molecular complexity index is 682. The minimum atomic E-state index is -0.509. The Balaban J connectivity index is 2.30. The molecule has 0 bridgehead atoms. The molecule has 2 rings (SSSR count). The van der Waals surface area contributed by atoms with Gasteiger partial charge in [0.2, 0.25) is 0 Å². The first-order chi connectivity index (χ1) is 9.51. The zero-order chi connectivity index (χ0) is 14.7. The first kappa shape index (κ1) is 14.2. The highest BCUT2D eigenvalue weighted by atomic mass is 35.5. The van der Waals surface area contributed by atoms with Crippen LogP contribution in [0.1, 0.15) is 24.1 Å². The first-order valence-electron chi connectivity index (χ1n) is 5.96. The standard InChI is InChI=1S/C15H12ClFN2O/c1-9(13-5-4-12(20)7-14(13)17)19-15-6-11(16)3-2-10(15)8-18/h2-7,9,19-20H,1H3. The Hall–Kier alpha value is -2.25. The molecule has 0 fully saturated rings. The molecule has 0 spiro atoms. The second-order valence-electron chi connectivity index (χ2n) is 4.37. The average Bonchev–Trinajstić information content (AvgIpc) is 2.38. The third-order valence-electron chi connectivity index (χ3n) is 2.92. The number of aromatic hydroxyl groups is 1. The summed E-state index contributed by atoms with van der Waals surface area (Å²) in [5.41, 5.74) is 1.37. The van der Waals surface area contributed by atoms with Crippen LogP contribution in [0.5, 0.6) is 5.75 Å². The van der Waals surface area contributed by atoms with Gasteiger partial charge < -0.3 is 10.4 Å². The van der Waals surface area contributed by atoms with Gasteiger partial charge in [-0.2, -0.15) is 5.26 Å². The van der Waals surface area contributed by atoms with Gasteiger partial charge in [0.1, 0.15) is 17.6 Å². The van der Waals surface area contributed by atoms with Gasteiger partial charge >= 0.3 is 0 Å². The molecule has 0 saturated carbocycles. The van der Waals surface area contributed by atoms with Gasteiger partial charge in [0.15, 0.2) is 0 Å². The first-order valence-corrected chi connectivity index (χ1v) is 6.33. The number of phenolic OH excluding ortho intramolecular Hbond substituents is 1. The highest BCUT2D eigenvalue weighted by Crippen LogP contribution is 2.27. The number of anilines is 1. The van der Waals surface area contributed by atoms with Crippen molar-refractivity contribution < 1.29 is 9.50 Å². The summed E-state index contributed by atoms with van der Waals surface area (Å²) >= 11 is 5.90. The Morgan fingerprint density at radius 2 is 2.05 bits per heavy atom. The van der Waals surface area contributed by atoms with Crippen molar-refractivity contribution in [2.75, 3.05) is 5.32 Å². The predicted molar refractivity (Wildman–Crippen MR) is 76.3 cm³/mol. The van der Waals surface area contributed by atoms with Gasteiger partial charge in [0, 0.05) is 16.7 Å². The molecular weight excluding hydrogens is 279 g/mol. The van der Waals surface area contributed by atoms with Crippen LogP contribution in [0.3, 0.4) is 0 Å². The van der Waals surface area contributed by atoms with E-state index in [4.69, 9.17) is 16.9 Å². The lowest BCUT2D eigenvalue weighted by molar-refractivity contribution is 0.467. The van der Waals surface area contributed by atoms with Crippen LogP contribution in [0, 0.1) is 17.1 Å². The number of hydrogen-bond acceptors (Lipinski definition) is 3. The smallest absolute Gasteiger partial charge is 0.132 e. The fourth-order valence-corrected chi connectivity index (χ4v) is 2.08. The summed E-state index contributed by atoms with van der Waals surface area (Å²) in [6.45, 7) is 1.76. The number of halogens is 2. The molecule has 1 unspecified atom stereocenters. The van der Waals surface area contributed by atoms with E-state index in [1.54, 1.807) is 25.1 Å². The van der Waals surface area contributed by atoms with E-state index in [9.17, 15) is 9.50 Å². The van der Waals surface area contributed by atoms with E-state index in [2.05, 4.69) is 5.32 Å². The van der Waals surface area contributed by atoms with Gasteiger partial charge in [-0.25, -0.2) is 4.39 Å². The molecule has 0 aliphatic rings. The van der Waals surface area contributed by atoms with Crippen LogP contribution in [0.2, 0.25) is 5.02 Å². The zero-order valence-corrected chi connectivity index (χ0v) is 11.4. The molecule has 0 radical (unpaired) electrons. The fraction of sp³-hybridized carbons (Fsp3) is 0.133. The van der Waals surface area contributed by atoms with Crippen molar-refractivity contribution in [3.05, 3.63) is 58.4 Å². The highest BCUT2D eigenvalue weighted by Gasteiger charge is 2.13. The normalized spacial score (nSPS) is 11.7. The average molecular weight is 291 g/mol. The molecular formula is C15H12ClFN2O. The van der Waals surface area contributed by atoms with Crippen molar-refractivity contribution in [1.82, 2.24) is 0 Å². The molecule has 1 atom stereocenters. The number of hydrogen-bond donors (Lipinski definition) is 2. The minimum Gasteiger partial charge on any atom is -0.508 e. The van der Waals surface area contributed by atoms with Gasteiger partial charge in [-0.15, -0.1) is 0 Å². The number of rotatable bonds is 3. The lowest BCUT2D eigenvalue weighted by Crippen LogP contribution is -2.09. The third-order valence-corrected chi connectivity index (χ3v) is 3.16.